The number of ether oxygens (including phenoxy) is 1. The van der Waals surface area contributed by atoms with Crippen LogP contribution < -0.4 is 5.73 Å². The summed E-state index contributed by atoms with van der Waals surface area (Å²) in [5, 5.41) is 10.5. The third-order valence-electron chi connectivity index (χ3n) is 4.11. The monoisotopic (exact) mass is 493 g/mol. The average Bonchev–Trinajstić information content (AvgIpc) is 2.81. The molecule has 2 aliphatic rings. The van der Waals surface area contributed by atoms with Gasteiger partial charge in [0.05, 0.1) is 12.7 Å². The Balaban J connectivity index is 2.03. The van der Waals surface area contributed by atoms with Gasteiger partial charge in [0, 0.05) is 17.7 Å². The third kappa shape index (κ3) is 6.54. The number of hydrogen-bond donors (Lipinski definition) is 6. The van der Waals surface area contributed by atoms with Crippen molar-refractivity contribution < 1.29 is 56.3 Å². The summed E-state index contributed by atoms with van der Waals surface area (Å²) in [7, 11) is -16.4. The number of phosphoric acid groups is 3. The summed E-state index contributed by atoms with van der Waals surface area (Å²) in [6, 6.07) is 0. The van der Waals surface area contributed by atoms with Gasteiger partial charge >= 0.3 is 23.5 Å². The van der Waals surface area contributed by atoms with Gasteiger partial charge in [0.15, 0.2) is 6.23 Å². The van der Waals surface area contributed by atoms with Crippen LogP contribution in [0, 0.1) is 5.92 Å². The minimum Gasteiger partial charge on any atom is -0.388 e. The first-order chi connectivity index (χ1) is 13.5. The molecule has 2 heterocycles. The minimum absolute atomic E-state index is 0.183. The van der Waals surface area contributed by atoms with Crippen molar-refractivity contribution in [1.82, 2.24) is 4.90 Å². The molecule has 7 N–H and O–H groups in total. The maximum atomic E-state index is 11.8. The van der Waals surface area contributed by atoms with Gasteiger partial charge in [-0.25, -0.2) is 18.7 Å². The van der Waals surface area contributed by atoms with E-state index in [1.807, 2.05) is 0 Å². The van der Waals surface area contributed by atoms with E-state index in [2.05, 4.69) is 24.7 Å². The van der Waals surface area contributed by atoms with Crippen molar-refractivity contribution in [3.8, 4) is 0 Å². The van der Waals surface area contributed by atoms with E-state index in [1.165, 1.54) is 4.90 Å². The first-order valence-corrected chi connectivity index (χ1v) is 12.7. The van der Waals surface area contributed by atoms with Crippen LogP contribution in [-0.4, -0.2) is 60.5 Å². The minimum atomic E-state index is -5.62. The van der Waals surface area contributed by atoms with Crippen LogP contribution in [0.4, 0.5) is 0 Å². The van der Waals surface area contributed by atoms with Crippen LogP contribution in [0.1, 0.15) is 13.8 Å². The maximum absolute atomic E-state index is 11.8. The fourth-order valence-corrected chi connectivity index (χ4v) is 5.64. The maximum Gasteiger partial charge on any atom is 0.490 e. The van der Waals surface area contributed by atoms with Gasteiger partial charge in [0.25, 0.3) is 0 Å². The van der Waals surface area contributed by atoms with Gasteiger partial charge in [-0.15, -0.1) is 0 Å². The van der Waals surface area contributed by atoms with Crippen molar-refractivity contribution in [2.45, 2.75) is 32.3 Å². The molecule has 6 atom stereocenters. The Kier molecular flexibility index (Phi) is 7.52. The lowest BCUT2D eigenvalue weighted by Gasteiger charge is -2.32. The smallest absolute Gasteiger partial charge is 0.388 e. The Morgan fingerprint density at radius 3 is 2.40 bits per heavy atom. The number of rotatable bonds is 8. The number of nitrogens with two attached hydrogens (primary N) is 1. The number of phosphoric ester groups is 1. The Bertz CT molecular complexity index is 900. The number of aliphatic hydroxyl groups excluding tert-OH is 1. The molecule has 1 fully saturated rings. The SMILES string of the molecule is C=C1N=C(N)C(C)=CN1[C@@H]1O[C@H](COP(=O)(O)OP(=O)(O)OP(=O)(O)O)[C@H](C)C1O. The first-order valence-electron chi connectivity index (χ1n) is 8.13. The quantitative estimate of drug-likeness (QED) is 0.246. The molecule has 0 spiro atoms. The molecular formula is C12H22N3O12P3. The highest BCUT2D eigenvalue weighted by molar-refractivity contribution is 7.66. The molecule has 30 heavy (non-hydrogen) atoms. The van der Waals surface area contributed by atoms with E-state index in [1.54, 1.807) is 20.0 Å². The Hall–Kier alpha value is -0.920. The molecule has 172 valence electrons. The van der Waals surface area contributed by atoms with Gasteiger partial charge in [-0.2, -0.15) is 8.62 Å². The van der Waals surface area contributed by atoms with Crippen LogP contribution in [0.2, 0.25) is 0 Å². The normalized spacial score (nSPS) is 31.7. The van der Waals surface area contributed by atoms with Crippen molar-refractivity contribution in [3.05, 3.63) is 24.2 Å². The topological polar surface area (TPSA) is 231 Å². The van der Waals surface area contributed by atoms with E-state index in [0.29, 0.717) is 5.57 Å². The van der Waals surface area contributed by atoms with Gasteiger partial charge in [-0.05, 0) is 6.92 Å². The molecule has 0 aromatic heterocycles. The lowest BCUT2D eigenvalue weighted by molar-refractivity contribution is -0.0681. The van der Waals surface area contributed by atoms with Crippen molar-refractivity contribution >= 4 is 29.3 Å². The van der Waals surface area contributed by atoms with Crippen LogP contribution >= 0.6 is 23.5 Å². The van der Waals surface area contributed by atoms with E-state index >= 15 is 0 Å². The summed E-state index contributed by atoms with van der Waals surface area (Å²) < 4.78 is 51.3. The lowest BCUT2D eigenvalue weighted by atomic mass is 10.0. The van der Waals surface area contributed by atoms with Crippen LogP contribution in [0.25, 0.3) is 0 Å². The van der Waals surface area contributed by atoms with E-state index in [0.717, 1.165) is 0 Å². The van der Waals surface area contributed by atoms with E-state index in [9.17, 15) is 23.7 Å². The summed E-state index contributed by atoms with van der Waals surface area (Å²) in [5.41, 5.74) is 6.28. The van der Waals surface area contributed by atoms with Gasteiger partial charge < -0.3 is 40.1 Å². The third-order valence-corrected chi connectivity index (χ3v) is 7.91. The molecule has 15 nitrogen and oxygen atoms in total. The van der Waals surface area contributed by atoms with Crippen LogP contribution in [0.15, 0.2) is 29.2 Å². The van der Waals surface area contributed by atoms with E-state index < -0.39 is 54.4 Å². The van der Waals surface area contributed by atoms with Crippen molar-refractivity contribution in [3.63, 3.8) is 0 Å². The summed E-state index contributed by atoms with van der Waals surface area (Å²) >= 11 is 0. The van der Waals surface area contributed by atoms with Gasteiger partial charge in [0.2, 0.25) is 0 Å². The van der Waals surface area contributed by atoms with Crippen molar-refractivity contribution in [2.24, 2.45) is 16.6 Å². The van der Waals surface area contributed by atoms with Crippen molar-refractivity contribution in [2.75, 3.05) is 6.61 Å². The zero-order valence-corrected chi connectivity index (χ0v) is 18.4. The number of amidine groups is 1. The molecular weight excluding hydrogens is 471 g/mol. The Morgan fingerprint density at radius 2 is 1.83 bits per heavy atom. The molecule has 18 heteroatoms. The summed E-state index contributed by atoms with van der Waals surface area (Å²) in [5.74, 6) is -0.226. The molecule has 2 aliphatic heterocycles. The predicted octanol–water partition coefficient (Wildman–Crippen LogP) is 0.0994. The average molecular weight is 493 g/mol. The first kappa shape index (κ1) is 25.3. The highest BCUT2D eigenvalue weighted by atomic mass is 31.3. The highest BCUT2D eigenvalue weighted by Crippen LogP contribution is 2.66. The second-order valence-corrected chi connectivity index (χ2v) is 10.9. The zero-order valence-electron chi connectivity index (χ0n) is 15.7. The largest absolute Gasteiger partial charge is 0.490 e. The Labute approximate surface area is 170 Å². The predicted molar refractivity (Wildman–Crippen MR) is 100 cm³/mol. The zero-order chi connectivity index (χ0) is 23.1. The molecule has 3 unspecified atom stereocenters. The molecule has 2 rings (SSSR count). The fraction of sp³-hybridized carbons (Fsp3) is 0.583. The van der Waals surface area contributed by atoms with Gasteiger partial charge in [0.1, 0.15) is 17.8 Å². The number of hydrogen-bond acceptors (Lipinski definition) is 11. The number of aliphatic imine (C=N–C) groups is 1. The van der Waals surface area contributed by atoms with Gasteiger partial charge in [-0.3, -0.25) is 4.52 Å². The molecule has 0 saturated carbocycles. The Morgan fingerprint density at radius 1 is 1.23 bits per heavy atom. The summed E-state index contributed by atoms with van der Waals surface area (Å²) in [6.45, 7) is 6.26. The second-order valence-electron chi connectivity index (χ2n) is 6.43. The molecule has 0 aromatic rings. The molecule has 0 bridgehead atoms. The van der Waals surface area contributed by atoms with E-state index in [-0.39, 0.29) is 11.7 Å². The molecule has 0 aliphatic carbocycles. The van der Waals surface area contributed by atoms with Crippen LogP contribution in [-0.2, 0) is 31.6 Å². The summed E-state index contributed by atoms with van der Waals surface area (Å²) in [4.78, 5) is 41.1. The van der Waals surface area contributed by atoms with Crippen LogP contribution in [0.3, 0.4) is 0 Å². The van der Waals surface area contributed by atoms with E-state index in [4.69, 9.17) is 25.2 Å². The standard InChI is InChI=1S/C12H22N3O12P3/c1-6-4-15(8(3)14-11(6)13)12-10(16)7(2)9(25-12)5-24-29(20,21)27-30(22,23)26-28(17,18)19/h4,7,9-10,12,16H,3,5H2,1-2H3,(H2,13,14)(H,20,21)(H,22,23)(H2,17,18,19)/t7-,9+,10?,12+/m0/s1. The molecule has 1 saturated heterocycles. The van der Waals surface area contributed by atoms with Crippen LogP contribution in [0.5, 0.6) is 0 Å². The molecule has 0 radical (unpaired) electrons. The summed E-state index contributed by atoms with van der Waals surface area (Å²) in [6.07, 6.45) is -1.54. The number of aliphatic hydroxyl groups is 1. The number of nitrogens with zero attached hydrogens (tertiary/aromatic N) is 2. The highest BCUT2D eigenvalue weighted by Gasteiger charge is 2.46. The fourth-order valence-electron chi connectivity index (χ4n) is 2.61. The molecule has 0 amide bonds. The second kappa shape index (κ2) is 8.91. The lowest BCUT2D eigenvalue weighted by Crippen LogP contribution is -2.41. The molecule has 0 aromatic carbocycles. The van der Waals surface area contributed by atoms with Gasteiger partial charge in [-0.1, -0.05) is 13.5 Å². The van der Waals surface area contributed by atoms with Crippen molar-refractivity contribution in [1.29, 1.82) is 0 Å².